The predicted octanol–water partition coefficient (Wildman–Crippen LogP) is 3.20. The van der Waals surface area contributed by atoms with Crippen LogP contribution in [0.25, 0.3) is 11.0 Å². The molecule has 0 atom stereocenters. The van der Waals surface area contributed by atoms with Crippen LogP contribution in [-0.2, 0) is 0 Å². The first-order chi connectivity index (χ1) is 6.61. The SMILES string of the molecule is Cc1ccc(Br)c2occ(C(=O)O)c12. The number of hydrogen-bond acceptors (Lipinski definition) is 2. The van der Waals surface area contributed by atoms with Gasteiger partial charge in [0.1, 0.15) is 17.4 Å². The van der Waals surface area contributed by atoms with Gasteiger partial charge in [-0.1, -0.05) is 6.07 Å². The summed E-state index contributed by atoms with van der Waals surface area (Å²) in [4.78, 5) is 10.9. The molecule has 0 saturated heterocycles. The average Bonchev–Trinajstić information content (AvgIpc) is 2.56. The molecule has 0 fully saturated rings. The Morgan fingerprint density at radius 3 is 2.86 bits per heavy atom. The van der Waals surface area contributed by atoms with Gasteiger partial charge in [0.15, 0.2) is 0 Å². The summed E-state index contributed by atoms with van der Waals surface area (Å²) in [5, 5.41) is 9.57. The van der Waals surface area contributed by atoms with E-state index in [9.17, 15) is 4.79 Å². The molecule has 1 N–H and O–H groups in total. The molecule has 0 bridgehead atoms. The van der Waals surface area contributed by atoms with E-state index in [0.717, 1.165) is 10.0 Å². The number of aromatic carboxylic acids is 1. The molecule has 1 aromatic carbocycles. The molecule has 0 unspecified atom stereocenters. The van der Waals surface area contributed by atoms with Crippen molar-refractivity contribution in [3.05, 3.63) is 34.0 Å². The van der Waals surface area contributed by atoms with Gasteiger partial charge in [0.05, 0.1) is 4.47 Å². The number of fused-ring (bicyclic) bond motifs is 1. The minimum absolute atomic E-state index is 0.207. The second kappa shape index (κ2) is 3.13. The molecule has 0 spiro atoms. The fraction of sp³-hybridized carbons (Fsp3) is 0.100. The molecule has 1 heterocycles. The number of carbonyl (C=O) groups is 1. The van der Waals surface area contributed by atoms with E-state index < -0.39 is 5.97 Å². The molecular formula is C10H7BrO3. The predicted molar refractivity (Wildman–Crippen MR) is 55.6 cm³/mol. The Labute approximate surface area is 88.5 Å². The number of carboxylic acid groups (broad SMARTS) is 1. The maximum Gasteiger partial charge on any atom is 0.339 e. The van der Waals surface area contributed by atoms with Gasteiger partial charge in [-0.25, -0.2) is 4.79 Å². The van der Waals surface area contributed by atoms with Crippen LogP contribution in [0.2, 0.25) is 0 Å². The van der Waals surface area contributed by atoms with Crippen molar-refractivity contribution >= 4 is 32.9 Å². The summed E-state index contributed by atoms with van der Waals surface area (Å²) < 4.78 is 5.96. The van der Waals surface area contributed by atoms with Crippen LogP contribution in [0.3, 0.4) is 0 Å². The van der Waals surface area contributed by atoms with E-state index in [1.807, 2.05) is 19.1 Å². The highest BCUT2D eigenvalue weighted by Gasteiger charge is 2.15. The highest BCUT2D eigenvalue weighted by Crippen LogP contribution is 2.30. The van der Waals surface area contributed by atoms with Gasteiger partial charge in [-0.2, -0.15) is 0 Å². The van der Waals surface area contributed by atoms with Gasteiger partial charge in [-0.15, -0.1) is 0 Å². The molecule has 4 heteroatoms. The van der Waals surface area contributed by atoms with Crippen molar-refractivity contribution in [2.75, 3.05) is 0 Å². The third-order valence-corrected chi connectivity index (χ3v) is 2.74. The first-order valence-corrected chi connectivity index (χ1v) is 4.80. The Bertz CT molecular complexity index is 513. The molecule has 2 aromatic rings. The first-order valence-electron chi connectivity index (χ1n) is 4.01. The van der Waals surface area contributed by atoms with Gasteiger partial charge < -0.3 is 9.52 Å². The molecule has 0 amide bonds. The minimum Gasteiger partial charge on any atom is -0.478 e. The van der Waals surface area contributed by atoms with E-state index >= 15 is 0 Å². The van der Waals surface area contributed by atoms with Crippen LogP contribution in [0.4, 0.5) is 0 Å². The number of furan rings is 1. The van der Waals surface area contributed by atoms with Crippen molar-refractivity contribution in [3.63, 3.8) is 0 Å². The lowest BCUT2D eigenvalue weighted by Gasteiger charge is -1.97. The van der Waals surface area contributed by atoms with Crippen molar-refractivity contribution < 1.29 is 14.3 Å². The largest absolute Gasteiger partial charge is 0.478 e. The highest BCUT2D eigenvalue weighted by molar-refractivity contribution is 9.10. The van der Waals surface area contributed by atoms with E-state index in [-0.39, 0.29) is 5.56 Å². The molecule has 0 aliphatic heterocycles. The molecule has 72 valence electrons. The van der Waals surface area contributed by atoms with Crippen LogP contribution in [0.5, 0.6) is 0 Å². The fourth-order valence-electron chi connectivity index (χ4n) is 1.44. The Morgan fingerprint density at radius 1 is 1.50 bits per heavy atom. The van der Waals surface area contributed by atoms with E-state index in [1.54, 1.807) is 0 Å². The molecule has 0 radical (unpaired) electrons. The quantitative estimate of drug-likeness (QED) is 0.851. The maximum atomic E-state index is 10.9. The lowest BCUT2D eigenvalue weighted by molar-refractivity contribution is 0.0698. The summed E-state index contributed by atoms with van der Waals surface area (Å²) in [5.41, 5.74) is 1.69. The zero-order chi connectivity index (χ0) is 10.3. The summed E-state index contributed by atoms with van der Waals surface area (Å²) in [6.07, 6.45) is 1.27. The molecule has 14 heavy (non-hydrogen) atoms. The maximum absolute atomic E-state index is 10.9. The van der Waals surface area contributed by atoms with Crippen molar-refractivity contribution in [1.29, 1.82) is 0 Å². The molecular weight excluding hydrogens is 248 g/mol. The van der Waals surface area contributed by atoms with E-state index in [2.05, 4.69) is 15.9 Å². The van der Waals surface area contributed by atoms with Crippen molar-refractivity contribution in [3.8, 4) is 0 Å². The van der Waals surface area contributed by atoms with Gasteiger partial charge in [0, 0.05) is 5.39 Å². The fourth-order valence-corrected chi connectivity index (χ4v) is 1.86. The van der Waals surface area contributed by atoms with Crippen molar-refractivity contribution in [2.24, 2.45) is 0 Å². The Morgan fingerprint density at radius 2 is 2.21 bits per heavy atom. The monoisotopic (exact) mass is 254 g/mol. The van der Waals surface area contributed by atoms with Crippen LogP contribution in [0.15, 0.2) is 27.3 Å². The van der Waals surface area contributed by atoms with Gasteiger partial charge in [0.2, 0.25) is 0 Å². The molecule has 1 aromatic heterocycles. The standard InChI is InChI=1S/C10H7BrO3/c1-5-2-3-7(11)9-8(5)6(4-14-9)10(12)13/h2-4H,1H3,(H,12,13). The van der Waals surface area contributed by atoms with E-state index in [1.165, 1.54) is 6.26 Å². The van der Waals surface area contributed by atoms with E-state index in [4.69, 9.17) is 9.52 Å². The summed E-state index contributed by atoms with van der Waals surface area (Å²) in [5.74, 6) is -0.968. The van der Waals surface area contributed by atoms with Crippen LogP contribution in [0, 0.1) is 6.92 Å². The molecule has 0 saturated carbocycles. The van der Waals surface area contributed by atoms with Gasteiger partial charge in [0.25, 0.3) is 0 Å². The van der Waals surface area contributed by atoms with Crippen LogP contribution < -0.4 is 0 Å². The van der Waals surface area contributed by atoms with Crippen LogP contribution in [0.1, 0.15) is 15.9 Å². The first kappa shape index (κ1) is 9.27. The number of rotatable bonds is 1. The molecule has 3 nitrogen and oxygen atoms in total. The Hall–Kier alpha value is -1.29. The summed E-state index contributed by atoms with van der Waals surface area (Å²) in [6.45, 7) is 1.86. The van der Waals surface area contributed by atoms with Crippen molar-refractivity contribution in [1.82, 2.24) is 0 Å². The Balaban J connectivity index is 2.90. The normalized spacial score (nSPS) is 10.7. The average molecular weight is 255 g/mol. The van der Waals surface area contributed by atoms with Crippen LogP contribution in [-0.4, -0.2) is 11.1 Å². The van der Waals surface area contributed by atoms with Gasteiger partial charge >= 0.3 is 5.97 Å². The zero-order valence-electron chi connectivity index (χ0n) is 7.37. The smallest absolute Gasteiger partial charge is 0.339 e. The topological polar surface area (TPSA) is 50.4 Å². The number of hydrogen-bond donors (Lipinski definition) is 1. The number of carboxylic acids is 1. The minimum atomic E-state index is -0.968. The number of halogens is 1. The second-order valence-corrected chi connectivity index (χ2v) is 3.88. The summed E-state index contributed by atoms with van der Waals surface area (Å²) in [7, 11) is 0. The zero-order valence-corrected chi connectivity index (χ0v) is 8.96. The lowest BCUT2D eigenvalue weighted by atomic mass is 10.1. The highest BCUT2D eigenvalue weighted by atomic mass is 79.9. The van der Waals surface area contributed by atoms with E-state index in [0.29, 0.717) is 11.0 Å². The number of benzene rings is 1. The summed E-state index contributed by atoms with van der Waals surface area (Å²) in [6, 6.07) is 3.70. The Kier molecular flexibility index (Phi) is 2.07. The molecule has 2 rings (SSSR count). The van der Waals surface area contributed by atoms with Crippen LogP contribution >= 0.6 is 15.9 Å². The second-order valence-electron chi connectivity index (χ2n) is 3.02. The molecule has 0 aliphatic rings. The van der Waals surface area contributed by atoms with Gasteiger partial charge in [-0.05, 0) is 34.5 Å². The number of aryl methyl sites for hydroxylation is 1. The summed E-state index contributed by atoms with van der Waals surface area (Å²) >= 11 is 3.31. The third-order valence-electron chi connectivity index (χ3n) is 2.11. The molecule has 0 aliphatic carbocycles. The van der Waals surface area contributed by atoms with Gasteiger partial charge in [-0.3, -0.25) is 0 Å². The van der Waals surface area contributed by atoms with Crippen molar-refractivity contribution in [2.45, 2.75) is 6.92 Å². The lowest BCUT2D eigenvalue weighted by Crippen LogP contribution is -1.94. The third kappa shape index (κ3) is 1.23.